The predicted molar refractivity (Wildman–Crippen MR) is 121 cm³/mol. The van der Waals surface area contributed by atoms with Crippen molar-refractivity contribution in [1.82, 2.24) is 4.90 Å². The Kier molecular flexibility index (Phi) is 4.64. The van der Waals surface area contributed by atoms with Gasteiger partial charge < -0.3 is 19.9 Å². The fourth-order valence-corrected chi connectivity index (χ4v) is 5.82. The summed E-state index contributed by atoms with van der Waals surface area (Å²) in [7, 11) is 1.72. The topological polar surface area (TPSA) is 44.8 Å². The van der Waals surface area contributed by atoms with Crippen LogP contribution in [0.2, 0.25) is 0 Å². The number of hydrogen-bond acceptors (Lipinski definition) is 4. The number of methoxy groups -OCH3 is 1. The van der Waals surface area contributed by atoms with Crippen molar-refractivity contribution in [1.29, 1.82) is 0 Å². The summed E-state index contributed by atoms with van der Waals surface area (Å²) in [6.45, 7) is 6.81. The summed E-state index contributed by atoms with van der Waals surface area (Å²) in [5.74, 6) is 1.05. The number of likely N-dealkylation sites (tertiary alicyclic amines) is 1. The molecule has 0 saturated carbocycles. The molecule has 0 aromatic heterocycles. The summed E-state index contributed by atoms with van der Waals surface area (Å²) < 4.78 is 5.47. The average molecular weight is 406 g/mol. The SMILES string of the molecule is COc1ccc2c(c1)NC1(CCN(C(=O)c3cc(C)cc(C)c3)CC1)C1CCCN21. The molecule has 0 radical (unpaired) electrons. The third kappa shape index (κ3) is 3.11. The third-order valence-electron chi connectivity index (χ3n) is 7.20. The zero-order chi connectivity index (χ0) is 20.9. The lowest BCUT2D eigenvalue weighted by Gasteiger charge is -2.53. The first-order valence-corrected chi connectivity index (χ1v) is 11.1. The van der Waals surface area contributed by atoms with Gasteiger partial charge in [0.05, 0.1) is 30.1 Å². The van der Waals surface area contributed by atoms with Crippen molar-refractivity contribution in [3.63, 3.8) is 0 Å². The number of rotatable bonds is 2. The molecule has 158 valence electrons. The smallest absolute Gasteiger partial charge is 0.253 e. The second-order valence-electron chi connectivity index (χ2n) is 9.18. The Morgan fingerprint density at radius 3 is 2.50 bits per heavy atom. The van der Waals surface area contributed by atoms with Crippen molar-refractivity contribution in [3.05, 3.63) is 53.1 Å². The molecule has 5 heteroatoms. The Morgan fingerprint density at radius 1 is 1.07 bits per heavy atom. The molecule has 1 amide bonds. The molecule has 0 aliphatic carbocycles. The van der Waals surface area contributed by atoms with Crippen molar-refractivity contribution in [2.45, 2.75) is 51.1 Å². The first-order valence-electron chi connectivity index (χ1n) is 11.1. The molecular weight excluding hydrogens is 374 g/mol. The lowest BCUT2D eigenvalue weighted by atomic mass is 9.77. The van der Waals surface area contributed by atoms with Gasteiger partial charge in [-0.25, -0.2) is 0 Å². The number of carbonyl (C=O) groups excluding carboxylic acids is 1. The number of aryl methyl sites for hydroxylation is 2. The molecule has 1 spiro atoms. The van der Waals surface area contributed by atoms with E-state index in [9.17, 15) is 4.79 Å². The van der Waals surface area contributed by atoms with Gasteiger partial charge in [0, 0.05) is 31.3 Å². The van der Waals surface area contributed by atoms with E-state index >= 15 is 0 Å². The minimum Gasteiger partial charge on any atom is -0.497 e. The standard InChI is InChI=1S/C25H31N3O2/c1-17-13-18(2)15-19(14-17)24(29)27-11-8-25(9-12-27)23-5-4-10-28(23)22-7-6-20(30-3)16-21(22)26-25/h6-7,13-16,23,26H,4-5,8-12H2,1-3H3. The molecule has 0 bridgehead atoms. The van der Waals surface area contributed by atoms with Gasteiger partial charge in [-0.05, 0) is 63.8 Å². The molecule has 1 unspecified atom stereocenters. The zero-order valence-electron chi connectivity index (χ0n) is 18.2. The fourth-order valence-electron chi connectivity index (χ4n) is 5.82. The van der Waals surface area contributed by atoms with Crippen molar-refractivity contribution in [2.75, 3.05) is 37.0 Å². The van der Waals surface area contributed by atoms with Crippen molar-refractivity contribution in [2.24, 2.45) is 0 Å². The van der Waals surface area contributed by atoms with E-state index in [1.165, 1.54) is 24.2 Å². The molecule has 2 saturated heterocycles. The maximum atomic E-state index is 13.2. The predicted octanol–water partition coefficient (Wildman–Crippen LogP) is 4.38. The Bertz CT molecular complexity index is 958. The second kappa shape index (κ2) is 7.22. The van der Waals surface area contributed by atoms with Gasteiger partial charge in [-0.15, -0.1) is 0 Å². The minimum atomic E-state index is 0.0230. The van der Waals surface area contributed by atoms with Crippen molar-refractivity contribution in [3.8, 4) is 5.75 Å². The molecule has 1 atom stereocenters. The molecule has 30 heavy (non-hydrogen) atoms. The molecule has 2 aromatic rings. The fraction of sp³-hybridized carbons (Fsp3) is 0.480. The normalized spacial score (nSPS) is 21.8. The highest BCUT2D eigenvalue weighted by Gasteiger charge is 2.50. The van der Waals surface area contributed by atoms with Crippen LogP contribution in [-0.2, 0) is 0 Å². The van der Waals surface area contributed by atoms with E-state index < -0.39 is 0 Å². The first-order chi connectivity index (χ1) is 14.5. The van der Waals surface area contributed by atoms with Gasteiger partial charge in [0.2, 0.25) is 0 Å². The Labute approximate surface area is 179 Å². The molecule has 3 aliphatic heterocycles. The second-order valence-corrected chi connectivity index (χ2v) is 9.18. The number of amides is 1. The summed E-state index contributed by atoms with van der Waals surface area (Å²) in [6.07, 6.45) is 4.39. The van der Waals surface area contributed by atoms with Gasteiger partial charge in [-0.1, -0.05) is 17.2 Å². The van der Waals surface area contributed by atoms with Crippen LogP contribution in [0.15, 0.2) is 36.4 Å². The summed E-state index contributed by atoms with van der Waals surface area (Å²) in [5.41, 5.74) is 5.59. The van der Waals surface area contributed by atoms with Crippen molar-refractivity contribution >= 4 is 17.3 Å². The number of carbonyl (C=O) groups is 1. The van der Waals surface area contributed by atoms with Crippen LogP contribution in [0.4, 0.5) is 11.4 Å². The first kappa shape index (κ1) is 19.3. The van der Waals surface area contributed by atoms with Crippen LogP contribution < -0.4 is 15.0 Å². The van der Waals surface area contributed by atoms with E-state index in [1.807, 2.05) is 17.0 Å². The quantitative estimate of drug-likeness (QED) is 0.805. The molecule has 3 aliphatic rings. The molecule has 5 rings (SSSR count). The monoisotopic (exact) mass is 405 g/mol. The van der Waals surface area contributed by atoms with Crippen LogP contribution in [0.3, 0.4) is 0 Å². The lowest BCUT2D eigenvalue weighted by Crippen LogP contribution is -2.62. The van der Waals surface area contributed by atoms with E-state index in [2.05, 4.69) is 48.3 Å². The molecule has 5 nitrogen and oxygen atoms in total. The van der Waals surface area contributed by atoms with E-state index in [0.717, 1.165) is 54.9 Å². The van der Waals surface area contributed by atoms with Crippen LogP contribution in [-0.4, -0.2) is 49.1 Å². The maximum absolute atomic E-state index is 13.2. The van der Waals surface area contributed by atoms with Crippen LogP contribution in [0.25, 0.3) is 0 Å². The Hall–Kier alpha value is -2.69. The van der Waals surface area contributed by atoms with Gasteiger partial charge in [-0.3, -0.25) is 4.79 Å². The van der Waals surface area contributed by atoms with Crippen LogP contribution >= 0.6 is 0 Å². The minimum absolute atomic E-state index is 0.0230. The van der Waals surface area contributed by atoms with Gasteiger partial charge >= 0.3 is 0 Å². The van der Waals surface area contributed by atoms with E-state index in [-0.39, 0.29) is 11.4 Å². The molecule has 2 fully saturated rings. The highest BCUT2D eigenvalue weighted by atomic mass is 16.5. The van der Waals surface area contributed by atoms with Gasteiger partial charge in [0.25, 0.3) is 5.91 Å². The van der Waals surface area contributed by atoms with E-state index in [4.69, 9.17) is 4.74 Å². The highest BCUT2D eigenvalue weighted by Crippen LogP contribution is 2.47. The van der Waals surface area contributed by atoms with Crippen LogP contribution in [0.1, 0.15) is 47.2 Å². The highest BCUT2D eigenvalue weighted by molar-refractivity contribution is 5.94. The van der Waals surface area contributed by atoms with Crippen LogP contribution in [0.5, 0.6) is 5.75 Å². The summed E-state index contributed by atoms with van der Waals surface area (Å²) in [4.78, 5) is 17.8. The average Bonchev–Trinajstić information content (AvgIpc) is 3.24. The lowest BCUT2D eigenvalue weighted by molar-refractivity contribution is 0.0665. The number of fused-ring (bicyclic) bond motifs is 4. The number of anilines is 2. The number of ether oxygens (including phenoxy) is 1. The molecular formula is C25H31N3O2. The number of hydrogen-bond donors (Lipinski definition) is 1. The van der Waals surface area contributed by atoms with Crippen LogP contribution in [0, 0.1) is 13.8 Å². The van der Waals surface area contributed by atoms with E-state index in [1.54, 1.807) is 7.11 Å². The zero-order valence-corrected chi connectivity index (χ0v) is 18.2. The largest absolute Gasteiger partial charge is 0.497 e. The maximum Gasteiger partial charge on any atom is 0.253 e. The summed E-state index contributed by atoms with van der Waals surface area (Å²) >= 11 is 0. The van der Waals surface area contributed by atoms with Gasteiger partial charge in [-0.2, -0.15) is 0 Å². The Balaban J connectivity index is 1.38. The number of piperidine rings is 1. The van der Waals surface area contributed by atoms with E-state index in [0.29, 0.717) is 6.04 Å². The summed E-state index contributed by atoms with van der Waals surface area (Å²) in [6, 6.07) is 13.0. The third-order valence-corrected chi connectivity index (χ3v) is 7.20. The Morgan fingerprint density at radius 2 is 1.80 bits per heavy atom. The number of nitrogens with one attached hydrogen (secondary N) is 1. The number of benzene rings is 2. The van der Waals surface area contributed by atoms with Crippen molar-refractivity contribution < 1.29 is 9.53 Å². The summed E-state index contributed by atoms with van der Waals surface area (Å²) in [5, 5.41) is 3.92. The molecule has 3 heterocycles. The molecule has 2 aromatic carbocycles. The van der Waals surface area contributed by atoms with Gasteiger partial charge in [0.1, 0.15) is 5.75 Å². The van der Waals surface area contributed by atoms with Gasteiger partial charge in [0.15, 0.2) is 0 Å². The number of nitrogens with zero attached hydrogens (tertiary/aromatic N) is 2. The molecule has 1 N–H and O–H groups in total.